The molecule has 2 aliphatic rings. The molecule has 1 unspecified atom stereocenters. The Morgan fingerprint density at radius 3 is 2.48 bits per heavy atom. The number of hydrogen-bond donors (Lipinski definition) is 2. The third-order valence-electron chi connectivity index (χ3n) is 5.70. The molecule has 6 heteroatoms. The van der Waals surface area contributed by atoms with Crippen LogP contribution in [0.4, 0.5) is 5.82 Å². The SMILES string of the molecule is NCC1[C@H]2CN(CCCc3ccc(-n4ccc(N)nc4=O)cc3)C[C@@H]12. The zero-order chi connectivity index (χ0) is 17.4. The zero-order valence-electron chi connectivity index (χ0n) is 14.3. The van der Waals surface area contributed by atoms with Crippen LogP contribution in [0.2, 0.25) is 0 Å². The molecule has 2 aromatic rings. The number of benzene rings is 1. The minimum Gasteiger partial charge on any atom is -0.383 e. The normalized spacial score (nSPS) is 25.1. The second-order valence-corrected chi connectivity index (χ2v) is 7.26. The van der Waals surface area contributed by atoms with Crippen LogP contribution in [0.5, 0.6) is 0 Å². The maximum absolute atomic E-state index is 11.9. The van der Waals surface area contributed by atoms with Crippen LogP contribution in [0.15, 0.2) is 41.3 Å². The molecule has 1 aliphatic heterocycles. The Kier molecular flexibility index (Phi) is 4.31. The van der Waals surface area contributed by atoms with Crippen LogP contribution in [-0.2, 0) is 6.42 Å². The first kappa shape index (κ1) is 16.3. The van der Waals surface area contributed by atoms with Gasteiger partial charge in [0.2, 0.25) is 0 Å². The summed E-state index contributed by atoms with van der Waals surface area (Å²) in [4.78, 5) is 18.2. The molecule has 6 nitrogen and oxygen atoms in total. The summed E-state index contributed by atoms with van der Waals surface area (Å²) in [7, 11) is 0. The number of aryl methyl sites for hydroxylation is 1. The molecule has 1 saturated carbocycles. The van der Waals surface area contributed by atoms with Crippen LogP contribution < -0.4 is 17.2 Å². The van der Waals surface area contributed by atoms with Crippen LogP contribution in [0, 0.1) is 17.8 Å². The number of nitrogen functional groups attached to an aromatic ring is 1. The number of anilines is 1. The number of nitrogens with two attached hydrogens (primary N) is 2. The summed E-state index contributed by atoms with van der Waals surface area (Å²) >= 11 is 0. The van der Waals surface area contributed by atoms with Gasteiger partial charge in [0.05, 0.1) is 5.69 Å². The highest BCUT2D eigenvalue weighted by Crippen LogP contribution is 2.50. The van der Waals surface area contributed by atoms with Crippen LogP contribution >= 0.6 is 0 Å². The lowest BCUT2D eigenvalue weighted by atomic mass is 10.1. The van der Waals surface area contributed by atoms with Crippen LogP contribution in [0.1, 0.15) is 12.0 Å². The Bertz CT molecular complexity index is 788. The summed E-state index contributed by atoms with van der Waals surface area (Å²) < 4.78 is 1.50. The molecule has 4 N–H and O–H groups in total. The summed E-state index contributed by atoms with van der Waals surface area (Å²) in [5.74, 6) is 2.79. The van der Waals surface area contributed by atoms with Crippen LogP contribution in [0.25, 0.3) is 5.69 Å². The van der Waals surface area contributed by atoms with Crippen molar-refractivity contribution in [2.45, 2.75) is 12.8 Å². The first-order chi connectivity index (χ1) is 12.2. The second kappa shape index (κ2) is 6.61. The standard InChI is InChI=1S/C19H25N5O/c20-10-15-16-11-23(12-17(15)16)8-1-2-13-3-5-14(6-4-13)24-9-7-18(21)22-19(24)25/h3-7,9,15-17H,1-2,8,10-12,20H2,(H2,21,22,25)/t15?,16-,17+. The van der Waals surface area contributed by atoms with E-state index in [1.807, 2.05) is 12.1 Å². The number of hydrogen-bond acceptors (Lipinski definition) is 5. The molecule has 2 heterocycles. The topological polar surface area (TPSA) is 90.2 Å². The Morgan fingerprint density at radius 2 is 1.84 bits per heavy atom. The fourth-order valence-corrected chi connectivity index (χ4v) is 4.21. The molecule has 4 rings (SSSR count). The van der Waals surface area contributed by atoms with Crippen molar-refractivity contribution in [3.05, 3.63) is 52.6 Å². The maximum Gasteiger partial charge on any atom is 0.354 e. The third-order valence-corrected chi connectivity index (χ3v) is 5.70. The molecule has 0 radical (unpaired) electrons. The lowest BCUT2D eigenvalue weighted by molar-refractivity contribution is 0.283. The van der Waals surface area contributed by atoms with E-state index in [1.165, 1.54) is 23.2 Å². The largest absolute Gasteiger partial charge is 0.383 e. The second-order valence-electron chi connectivity index (χ2n) is 7.26. The number of piperidine rings is 1. The Morgan fingerprint density at radius 1 is 1.12 bits per heavy atom. The fourth-order valence-electron chi connectivity index (χ4n) is 4.21. The van der Waals surface area contributed by atoms with Gasteiger partial charge in [0.25, 0.3) is 0 Å². The predicted molar refractivity (Wildman–Crippen MR) is 98.5 cm³/mol. The van der Waals surface area contributed by atoms with Crippen molar-refractivity contribution in [1.82, 2.24) is 14.5 Å². The number of rotatable bonds is 6. The van der Waals surface area contributed by atoms with Crippen molar-refractivity contribution in [3.8, 4) is 5.69 Å². The van der Waals surface area contributed by atoms with E-state index in [4.69, 9.17) is 11.5 Å². The quantitative estimate of drug-likeness (QED) is 0.815. The van der Waals surface area contributed by atoms with Crippen molar-refractivity contribution < 1.29 is 0 Å². The van der Waals surface area contributed by atoms with E-state index in [0.717, 1.165) is 49.4 Å². The Labute approximate surface area is 147 Å². The Hall–Kier alpha value is -2.18. The van der Waals surface area contributed by atoms with Crippen LogP contribution in [-0.4, -0.2) is 40.6 Å². The van der Waals surface area contributed by atoms with Gasteiger partial charge in [-0.25, -0.2) is 4.79 Å². The summed E-state index contributed by atoms with van der Waals surface area (Å²) in [6.45, 7) is 4.49. The molecule has 1 aromatic carbocycles. The molecule has 0 amide bonds. The van der Waals surface area contributed by atoms with Gasteiger partial charge in [-0.15, -0.1) is 0 Å². The smallest absolute Gasteiger partial charge is 0.354 e. The summed E-state index contributed by atoms with van der Waals surface area (Å²) in [5, 5.41) is 0. The van der Waals surface area contributed by atoms with Gasteiger partial charge in [0.1, 0.15) is 5.82 Å². The lowest BCUT2D eigenvalue weighted by Gasteiger charge is -2.18. The van der Waals surface area contributed by atoms with E-state index < -0.39 is 0 Å². The minimum absolute atomic E-state index is 0.246. The Balaban J connectivity index is 1.29. The third kappa shape index (κ3) is 3.32. The van der Waals surface area contributed by atoms with Crippen molar-refractivity contribution in [2.24, 2.45) is 23.5 Å². The molecule has 0 bridgehead atoms. The average molecular weight is 339 g/mol. The van der Waals surface area contributed by atoms with Crippen molar-refractivity contribution in [2.75, 3.05) is 31.9 Å². The van der Waals surface area contributed by atoms with Crippen molar-refractivity contribution in [3.63, 3.8) is 0 Å². The van der Waals surface area contributed by atoms with E-state index >= 15 is 0 Å². The maximum atomic E-state index is 11.9. The van der Waals surface area contributed by atoms with E-state index in [9.17, 15) is 4.79 Å². The highest BCUT2D eigenvalue weighted by atomic mass is 16.1. The summed E-state index contributed by atoms with van der Waals surface area (Å²) in [5.41, 5.74) is 13.1. The number of fused-ring (bicyclic) bond motifs is 1. The molecule has 0 spiro atoms. The first-order valence-electron chi connectivity index (χ1n) is 9.02. The minimum atomic E-state index is -0.351. The van der Waals surface area contributed by atoms with Gasteiger partial charge in [-0.2, -0.15) is 4.98 Å². The van der Waals surface area contributed by atoms with Gasteiger partial charge in [-0.1, -0.05) is 12.1 Å². The van der Waals surface area contributed by atoms with Gasteiger partial charge in [-0.3, -0.25) is 4.57 Å². The molecule has 1 aromatic heterocycles. The first-order valence-corrected chi connectivity index (χ1v) is 9.02. The lowest BCUT2D eigenvalue weighted by Crippen LogP contribution is -2.27. The average Bonchev–Trinajstić information content (AvgIpc) is 3.08. The highest BCUT2D eigenvalue weighted by molar-refractivity contribution is 5.36. The molecular formula is C19H25N5O. The van der Waals surface area contributed by atoms with E-state index in [-0.39, 0.29) is 11.5 Å². The van der Waals surface area contributed by atoms with Gasteiger partial charge in [0, 0.05) is 19.3 Å². The monoisotopic (exact) mass is 339 g/mol. The molecule has 25 heavy (non-hydrogen) atoms. The predicted octanol–water partition coefficient (Wildman–Crippen LogP) is 0.884. The van der Waals surface area contributed by atoms with Gasteiger partial charge >= 0.3 is 5.69 Å². The molecule has 2 fully saturated rings. The van der Waals surface area contributed by atoms with E-state index in [0.29, 0.717) is 0 Å². The number of aromatic nitrogens is 2. The molecule has 132 valence electrons. The summed E-state index contributed by atoms with van der Waals surface area (Å²) in [6.07, 6.45) is 3.88. The van der Waals surface area contributed by atoms with E-state index in [2.05, 4.69) is 22.0 Å². The van der Waals surface area contributed by atoms with Crippen molar-refractivity contribution >= 4 is 5.82 Å². The van der Waals surface area contributed by atoms with Crippen LogP contribution in [0.3, 0.4) is 0 Å². The highest BCUT2D eigenvalue weighted by Gasteiger charge is 2.54. The number of likely N-dealkylation sites (tertiary alicyclic amines) is 1. The molecule has 1 aliphatic carbocycles. The number of nitrogens with zero attached hydrogens (tertiary/aromatic N) is 3. The van der Waals surface area contributed by atoms with Gasteiger partial charge in [0.15, 0.2) is 0 Å². The molecule has 3 atom stereocenters. The molecular weight excluding hydrogens is 314 g/mol. The fraction of sp³-hybridized carbons (Fsp3) is 0.474. The molecule has 1 saturated heterocycles. The van der Waals surface area contributed by atoms with Crippen molar-refractivity contribution in [1.29, 1.82) is 0 Å². The van der Waals surface area contributed by atoms with Gasteiger partial charge in [-0.05, 0) is 67.4 Å². The van der Waals surface area contributed by atoms with E-state index in [1.54, 1.807) is 12.3 Å². The van der Waals surface area contributed by atoms with Gasteiger partial charge < -0.3 is 16.4 Å². The summed E-state index contributed by atoms with van der Waals surface area (Å²) in [6, 6.07) is 9.73. The zero-order valence-corrected chi connectivity index (χ0v) is 14.3.